The summed E-state index contributed by atoms with van der Waals surface area (Å²) in [6.45, 7) is -0.447. The summed E-state index contributed by atoms with van der Waals surface area (Å²) in [4.78, 5) is 15.8. The number of anilines is 1. The van der Waals surface area contributed by atoms with Crippen molar-refractivity contribution < 1.29 is 20.1 Å². The van der Waals surface area contributed by atoms with E-state index in [0.29, 0.717) is 5.82 Å². The number of hydrazine groups is 1. The summed E-state index contributed by atoms with van der Waals surface area (Å²) < 4.78 is 6.35. The molecule has 112 valence electrons. The van der Waals surface area contributed by atoms with Crippen LogP contribution >= 0.6 is 0 Å². The van der Waals surface area contributed by atoms with Gasteiger partial charge in [-0.05, 0) is 6.07 Å². The number of hydrogen-bond acceptors (Lipinski definition) is 8. The van der Waals surface area contributed by atoms with Crippen LogP contribution in [0.4, 0.5) is 5.82 Å². The second-order valence-corrected chi connectivity index (χ2v) is 4.49. The molecule has 2 rings (SSSR count). The summed E-state index contributed by atoms with van der Waals surface area (Å²) in [5.74, 6) is 0.403. The van der Waals surface area contributed by atoms with Gasteiger partial charge >= 0.3 is 5.69 Å². The zero-order valence-electron chi connectivity index (χ0n) is 11.2. The third-order valence-electron chi connectivity index (χ3n) is 3.29. The second-order valence-electron chi connectivity index (χ2n) is 4.49. The molecule has 0 saturated carbocycles. The lowest BCUT2D eigenvalue weighted by Gasteiger charge is -2.19. The van der Waals surface area contributed by atoms with Crippen molar-refractivity contribution in [1.29, 1.82) is 0 Å². The first-order chi connectivity index (χ1) is 9.49. The highest BCUT2D eigenvalue weighted by atomic mass is 16.6. The van der Waals surface area contributed by atoms with Crippen molar-refractivity contribution in [2.75, 3.05) is 25.7 Å². The maximum Gasteiger partial charge on any atom is 0.351 e. The van der Waals surface area contributed by atoms with E-state index >= 15 is 0 Å². The Hall–Kier alpha value is -1.52. The van der Waals surface area contributed by atoms with E-state index in [1.807, 2.05) is 0 Å². The van der Waals surface area contributed by atoms with Gasteiger partial charge in [0.1, 0.15) is 24.1 Å². The summed E-state index contributed by atoms with van der Waals surface area (Å²) in [5.41, 5.74) is 2.17. The highest BCUT2D eigenvalue weighted by Gasteiger charge is 2.43. The van der Waals surface area contributed by atoms with E-state index in [1.165, 1.54) is 6.20 Å². The van der Waals surface area contributed by atoms with Gasteiger partial charge in [0.25, 0.3) is 0 Å². The minimum absolute atomic E-state index is 0.403. The van der Waals surface area contributed by atoms with Crippen molar-refractivity contribution in [3.8, 4) is 0 Å². The zero-order valence-corrected chi connectivity index (χ0v) is 11.2. The van der Waals surface area contributed by atoms with E-state index in [1.54, 1.807) is 25.2 Å². The lowest BCUT2D eigenvalue weighted by atomic mass is 10.1. The van der Waals surface area contributed by atoms with Crippen LogP contribution in [0.2, 0.25) is 0 Å². The minimum Gasteiger partial charge on any atom is -0.394 e. The molecule has 0 bridgehead atoms. The topological polar surface area (TPSA) is 120 Å². The molecule has 1 aromatic heterocycles. The molecule has 0 radical (unpaired) electrons. The molecule has 1 saturated heterocycles. The number of ether oxygens (including phenoxy) is 1. The molecule has 9 heteroatoms. The van der Waals surface area contributed by atoms with E-state index in [9.17, 15) is 15.0 Å². The fourth-order valence-electron chi connectivity index (χ4n) is 2.01. The average molecular weight is 286 g/mol. The third kappa shape index (κ3) is 2.53. The van der Waals surface area contributed by atoms with Gasteiger partial charge in [-0.2, -0.15) is 4.98 Å². The molecular weight excluding hydrogens is 268 g/mol. The van der Waals surface area contributed by atoms with Gasteiger partial charge in [0.05, 0.1) is 6.61 Å². The normalized spacial score (nSPS) is 29.6. The highest BCUT2D eigenvalue weighted by molar-refractivity contribution is 5.33. The first kappa shape index (κ1) is 14.9. The van der Waals surface area contributed by atoms with Crippen molar-refractivity contribution in [2.45, 2.75) is 24.5 Å². The molecule has 9 nitrogen and oxygen atoms in total. The van der Waals surface area contributed by atoms with E-state index < -0.39 is 36.8 Å². The van der Waals surface area contributed by atoms with E-state index in [0.717, 1.165) is 4.57 Å². The lowest BCUT2D eigenvalue weighted by molar-refractivity contribution is -0.0549. The summed E-state index contributed by atoms with van der Waals surface area (Å²) in [5, 5.41) is 30.1. The minimum atomic E-state index is -1.31. The smallest absolute Gasteiger partial charge is 0.351 e. The average Bonchev–Trinajstić information content (AvgIpc) is 2.74. The van der Waals surface area contributed by atoms with Crippen LogP contribution in [0.15, 0.2) is 17.1 Å². The molecule has 0 unspecified atom stereocenters. The zero-order chi connectivity index (χ0) is 14.9. The first-order valence-corrected chi connectivity index (χ1v) is 6.12. The molecule has 0 aliphatic carbocycles. The molecule has 2 heterocycles. The number of aromatic nitrogens is 2. The standard InChI is InChI=1S/C11H18N4O5/c1-12-14(2)7-3-4-15(11(19)13-7)10-9(18)8(17)6(5-16)20-10/h3-4,6,8-10,12,16-18H,5H2,1-2H3/t6-,8-,9-,10-/m1/s1. The Bertz CT molecular complexity index is 522. The van der Waals surface area contributed by atoms with Gasteiger partial charge < -0.3 is 20.1 Å². The van der Waals surface area contributed by atoms with Gasteiger partial charge in [-0.3, -0.25) is 9.58 Å². The molecule has 4 N–H and O–H groups in total. The van der Waals surface area contributed by atoms with Gasteiger partial charge in [0.2, 0.25) is 0 Å². The van der Waals surface area contributed by atoms with Crippen molar-refractivity contribution in [3.05, 3.63) is 22.7 Å². The van der Waals surface area contributed by atoms with E-state index in [4.69, 9.17) is 9.84 Å². The highest BCUT2D eigenvalue weighted by Crippen LogP contribution is 2.28. The molecule has 0 aromatic carbocycles. The molecular formula is C11H18N4O5. The van der Waals surface area contributed by atoms with Crippen LogP contribution in [-0.4, -0.2) is 63.9 Å². The van der Waals surface area contributed by atoms with E-state index in [-0.39, 0.29) is 0 Å². The third-order valence-corrected chi connectivity index (χ3v) is 3.29. The summed E-state index contributed by atoms with van der Waals surface area (Å²) in [6, 6.07) is 1.56. The molecule has 0 amide bonds. The van der Waals surface area contributed by atoms with Crippen LogP contribution in [0.5, 0.6) is 0 Å². The fraction of sp³-hybridized carbons (Fsp3) is 0.636. The number of hydrogen-bond donors (Lipinski definition) is 4. The SMILES string of the molecule is CNN(C)c1ccn([C@@H]2O[C@H](CO)[C@@H](O)[C@H]2O)c(=O)n1. The summed E-state index contributed by atoms with van der Waals surface area (Å²) in [6.07, 6.45) is -3.15. The Kier molecular flexibility index (Phi) is 4.35. The van der Waals surface area contributed by atoms with Crippen LogP contribution in [-0.2, 0) is 4.74 Å². The maximum absolute atomic E-state index is 12.0. The number of aliphatic hydroxyl groups excluding tert-OH is 3. The van der Waals surface area contributed by atoms with Crippen LogP contribution in [0.1, 0.15) is 6.23 Å². The van der Waals surface area contributed by atoms with Gasteiger partial charge in [-0.25, -0.2) is 10.2 Å². The van der Waals surface area contributed by atoms with Gasteiger partial charge in [0, 0.05) is 20.3 Å². The van der Waals surface area contributed by atoms with Gasteiger partial charge in [-0.15, -0.1) is 0 Å². The Balaban J connectivity index is 2.28. The predicted octanol–water partition coefficient (Wildman–Crippen LogP) is -2.57. The number of nitrogens with zero attached hydrogens (tertiary/aromatic N) is 3. The Morgan fingerprint density at radius 1 is 1.50 bits per heavy atom. The molecule has 1 fully saturated rings. The lowest BCUT2D eigenvalue weighted by Crippen LogP contribution is -2.38. The summed E-state index contributed by atoms with van der Waals surface area (Å²) in [7, 11) is 3.37. The van der Waals surface area contributed by atoms with Crippen molar-refractivity contribution in [3.63, 3.8) is 0 Å². The van der Waals surface area contributed by atoms with Crippen LogP contribution < -0.4 is 16.1 Å². The van der Waals surface area contributed by atoms with Crippen molar-refractivity contribution in [2.24, 2.45) is 0 Å². The molecule has 1 aliphatic rings. The quantitative estimate of drug-likeness (QED) is 0.446. The predicted molar refractivity (Wildman–Crippen MR) is 69.0 cm³/mol. The number of nitrogens with one attached hydrogen (secondary N) is 1. The van der Waals surface area contributed by atoms with Gasteiger partial charge in [0.15, 0.2) is 6.23 Å². The van der Waals surface area contributed by atoms with E-state index in [2.05, 4.69) is 10.4 Å². The molecule has 0 spiro atoms. The molecule has 4 atom stereocenters. The summed E-state index contributed by atoms with van der Waals surface area (Å²) >= 11 is 0. The molecule has 20 heavy (non-hydrogen) atoms. The number of aliphatic hydroxyl groups is 3. The van der Waals surface area contributed by atoms with Crippen LogP contribution in [0, 0.1) is 0 Å². The molecule has 1 aromatic rings. The first-order valence-electron chi connectivity index (χ1n) is 6.12. The number of rotatable bonds is 4. The molecule has 1 aliphatic heterocycles. The maximum atomic E-state index is 12.0. The Morgan fingerprint density at radius 2 is 2.20 bits per heavy atom. The fourth-order valence-corrected chi connectivity index (χ4v) is 2.01. The van der Waals surface area contributed by atoms with Crippen LogP contribution in [0.25, 0.3) is 0 Å². The Labute approximate surface area is 115 Å². The van der Waals surface area contributed by atoms with Gasteiger partial charge in [-0.1, -0.05) is 0 Å². The van der Waals surface area contributed by atoms with Crippen molar-refractivity contribution >= 4 is 5.82 Å². The second kappa shape index (κ2) is 5.85. The van der Waals surface area contributed by atoms with Crippen LogP contribution in [0.3, 0.4) is 0 Å². The van der Waals surface area contributed by atoms with Crippen molar-refractivity contribution in [1.82, 2.24) is 15.0 Å². The monoisotopic (exact) mass is 286 g/mol. The largest absolute Gasteiger partial charge is 0.394 e. The Morgan fingerprint density at radius 3 is 2.70 bits per heavy atom.